The van der Waals surface area contributed by atoms with Crippen LogP contribution in [0.4, 0.5) is 0 Å². The van der Waals surface area contributed by atoms with Gasteiger partial charge in [0.25, 0.3) is 5.91 Å². The summed E-state index contributed by atoms with van der Waals surface area (Å²) in [6.45, 7) is 5.94. The molecular formula is C24H27N3O3. The van der Waals surface area contributed by atoms with Crippen molar-refractivity contribution in [1.29, 1.82) is 0 Å². The minimum atomic E-state index is 0.0230. The van der Waals surface area contributed by atoms with Gasteiger partial charge in [-0.1, -0.05) is 41.6 Å². The topological polar surface area (TPSA) is 68.5 Å². The lowest BCUT2D eigenvalue weighted by atomic mass is 9.94. The van der Waals surface area contributed by atoms with E-state index in [1.54, 1.807) is 0 Å². The number of benzene rings is 2. The number of carbonyl (C=O) groups excluding carboxylic acids is 1. The number of rotatable bonds is 6. The van der Waals surface area contributed by atoms with E-state index in [2.05, 4.69) is 10.1 Å². The van der Waals surface area contributed by atoms with Gasteiger partial charge in [-0.25, -0.2) is 0 Å². The molecule has 1 atom stereocenters. The monoisotopic (exact) mass is 405 g/mol. The number of para-hydroxylation sites is 1. The molecule has 156 valence electrons. The molecule has 1 unspecified atom stereocenters. The second-order valence-electron chi connectivity index (χ2n) is 7.72. The lowest BCUT2D eigenvalue weighted by molar-refractivity contribution is 0.0664. The van der Waals surface area contributed by atoms with Crippen molar-refractivity contribution < 1.29 is 14.1 Å². The van der Waals surface area contributed by atoms with Crippen LogP contribution in [0.2, 0.25) is 0 Å². The van der Waals surface area contributed by atoms with Crippen molar-refractivity contribution in [3.05, 3.63) is 65.5 Å². The van der Waals surface area contributed by atoms with Crippen molar-refractivity contribution in [3.8, 4) is 17.1 Å². The molecule has 4 rings (SSSR count). The molecule has 6 nitrogen and oxygen atoms in total. The smallest absolute Gasteiger partial charge is 0.257 e. The molecule has 1 fully saturated rings. The van der Waals surface area contributed by atoms with E-state index in [-0.39, 0.29) is 5.91 Å². The molecular weight excluding hydrogens is 378 g/mol. The Hall–Kier alpha value is -3.15. The first kappa shape index (κ1) is 20.1. The summed E-state index contributed by atoms with van der Waals surface area (Å²) in [7, 11) is 0. The van der Waals surface area contributed by atoms with Gasteiger partial charge in [0.05, 0.1) is 12.2 Å². The van der Waals surface area contributed by atoms with Crippen LogP contribution in [-0.2, 0) is 6.42 Å². The van der Waals surface area contributed by atoms with Crippen LogP contribution in [0.5, 0.6) is 5.75 Å². The lowest BCUT2D eigenvalue weighted by Crippen LogP contribution is -2.40. The van der Waals surface area contributed by atoms with Crippen LogP contribution in [-0.4, -0.2) is 40.6 Å². The Morgan fingerprint density at radius 1 is 1.20 bits per heavy atom. The number of amides is 1. The molecule has 0 N–H and O–H groups in total. The van der Waals surface area contributed by atoms with Gasteiger partial charge in [-0.05, 0) is 50.3 Å². The first-order valence-electron chi connectivity index (χ1n) is 10.6. The Balaban J connectivity index is 1.44. The summed E-state index contributed by atoms with van der Waals surface area (Å²) in [6, 6.07) is 15.5. The summed E-state index contributed by atoms with van der Waals surface area (Å²) in [6.07, 6.45) is 2.68. The summed E-state index contributed by atoms with van der Waals surface area (Å²) >= 11 is 0. The maximum atomic E-state index is 13.1. The molecule has 1 aromatic heterocycles. The molecule has 30 heavy (non-hydrogen) atoms. The second-order valence-corrected chi connectivity index (χ2v) is 7.72. The number of piperidine rings is 1. The van der Waals surface area contributed by atoms with E-state index in [1.165, 1.54) is 0 Å². The van der Waals surface area contributed by atoms with Crippen LogP contribution >= 0.6 is 0 Å². The van der Waals surface area contributed by atoms with Gasteiger partial charge in [-0.3, -0.25) is 4.79 Å². The number of nitrogens with zero attached hydrogens (tertiary/aromatic N) is 3. The zero-order valence-corrected chi connectivity index (χ0v) is 17.5. The summed E-state index contributed by atoms with van der Waals surface area (Å²) in [5.74, 6) is 2.22. The number of hydrogen-bond donors (Lipinski definition) is 0. The number of aromatic nitrogens is 2. The normalized spacial score (nSPS) is 16.5. The fourth-order valence-electron chi connectivity index (χ4n) is 4.03. The molecule has 1 aliphatic heterocycles. The van der Waals surface area contributed by atoms with E-state index in [0.29, 0.717) is 48.5 Å². The molecule has 1 saturated heterocycles. The van der Waals surface area contributed by atoms with Crippen LogP contribution in [0.25, 0.3) is 11.4 Å². The Morgan fingerprint density at radius 3 is 2.83 bits per heavy atom. The highest BCUT2D eigenvalue weighted by Gasteiger charge is 2.27. The van der Waals surface area contributed by atoms with Crippen molar-refractivity contribution in [2.24, 2.45) is 5.92 Å². The fourth-order valence-corrected chi connectivity index (χ4v) is 4.03. The third-order valence-corrected chi connectivity index (χ3v) is 5.54. The van der Waals surface area contributed by atoms with E-state index >= 15 is 0 Å². The van der Waals surface area contributed by atoms with Gasteiger partial charge in [0.2, 0.25) is 11.7 Å². The summed E-state index contributed by atoms with van der Waals surface area (Å²) in [5, 5.41) is 4.16. The highest BCUT2D eigenvalue weighted by Crippen LogP contribution is 2.26. The average molecular weight is 405 g/mol. The molecule has 0 aliphatic carbocycles. The van der Waals surface area contributed by atoms with Crippen LogP contribution in [0.15, 0.2) is 53.1 Å². The highest BCUT2D eigenvalue weighted by molar-refractivity contribution is 5.97. The lowest BCUT2D eigenvalue weighted by Gasteiger charge is -2.32. The summed E-state index contributed by atoms with van der Waals surface area (Å²) < 4.78 is 11.2. The van der Waals surface area contributed by atoms with Gasteiger partial charge in [0.1, 0.15) is 5.75 Å². The Morgan fingerprint density at radius 2 is 2.00 bits per heavy atom. The minimum Gasteiger partial charge on any atom is -0.493 e. The van der Waals surface area contributed by atoms with Gasteiger partial charge in [0.15, 0.2) is 0 Å². The van der Waals surface area contributed by atoms with Gasteiger partial charge in [-0.15, -0.1) is 0 Å². The maximum absolute atomic E-state index is 13.1. The van der Waals surface area contributed by atoms with Crippen molar-refractivity contribution in [2.45, 2.75) is 33.1 Å². The number of hydrogen-bond acceptors (Lipinski definition) is 5. The van der Waals surface area contributed by atoms with E-state index in [4.69, 9.17) is 9.26 Å². The maximum Gasteiger partial charge on any atom is 0.257 e. The van der Waals surface area contributed by atoms with E-state index in [9.17, 15) is 4.79 Å². The van der Waals surface area contributed by atoms with Crippen LogP contribution in [0.3, 0.4) is 0 Å². The molecule has 0 saturated carbocycles. The Kier molecular flexibility index (Phi) is 6.12. The van der Waals surface area contributed by atoms with Crippen molar-refractivity contribution in [3.63, 3.8) is 0 Å². The SMILES string of the molecule is CCOc1ccccc1C(=O)N1CCCC(Cc2nc(-c3ccccc3C)no2)C1. The minimum absolute atomic E-state index is 0.0230. The third-order valence-electron chi connectivity index (χ3n) is 5.54. The van der Waals surface area contributed by atoms with Gasteiger partial charge < -0.3 is 14.2 Å². The molecule has 3 aromatic rings. The molecule has 2 heterocycles. The molecule has 0 radical (unpaired) electrons. The first-order chi connectivity index (χ1) is 14.7. The van der Waals surface area contributed by atoms with Crippen LogP contribution < -0.4 is 4.74 Å². The molecule has 1 amide bonds. The van der Waals surface area contributed by atoms with Gasteiger partial charge in [0, 0.05) is 25.1 Å². The highest BCUT2D eigenvalue weighted by atomic mass is 16.5. The average Bonchev–Trinajstić information content (AvgIpc) is 3.22. The number of carbonyl (C=O) groups is 1. The summed E-state index contributed by atoms with van der Waals surface area (Å²) in [5.41, 5.74) is 2.73. The number of likely N-dealkylation sites (tertiary alicyclic amines) is 1. The van der Waals surface area contributed by atoms with Crippen molar-refractivity contribution in [1.82, 2.24) is 15.0 Å². The van der Waals surface area contributed by atoms with E-state index < -0.39 is 0 Å². The van der Waals surface area contributed by atoms with Gasteiger partial charge in [-0.2, -0.15) is 4.98 Å². The molecule has 6 heteroatoms. The van der Waals surface area contributed by atoms with Gasteiger partial charge >= 0.3 is 0 Å². The van der Waals surface area contributed by atoms with Crippen molar-refractivity contribution >= 4 is 5.91 Å². The third kappa shape index (κ3) is 4.37. The van der Waals surface area contributed by atoms with Crippen LogP contribution in [0.1, 0.15) is 41.6 Å². The predicted octanol–water partition coefficient (Wildman–Crippen LogP) is 4.54. The Labute approximate surface area is 176 Å². The quantitative estimate of drug-likeness (QED) is 0.602. The van der Waals surface area contributed by atoms with Crippen molar-refractivity contribution in [2.75, 3.05) is 19.7 Å². The summed E-state index contributed by atoms with van der Waals surface area (Å²) in [4.78, 5) is 19.6. The van der Waals surface area contributed by atoms with E-state index in [0.717, 1.165) is 30.5 Å². The molecule has 0 bridgehead atoms. The standard InChI is InChI=1S/C24H27N3O3/c1-3-29-21-13-7-6-12-20(21)24(28)27-14-8-10-18(16-27)15-22-25-23(26-30-22)19-11-5-4-9-17(19)2/h4-7,9,11-13,18H,3,8,10,14-16H2,1-2H3. The molecule has 2 aromatic carbocycles. The second kappa shape index (κ2) is 9.11. The fraction of sp³-hybridized carbons (Fsp3) is 0.375. The zero-order chi connectivity index (χ0) is 20.9. The predicted molar refractivity (Wildman–Crippen MR) is 114 cm³/mol. The Bertz CT molecular complexity index is 1010. The molecule has 1 aliphatic rings. The first-order valence-corrected chi connectivity index (χ1v) is 10.6. The number of ether oxygens (including phenoxy) is 1. The zero-order valence-electron chi connectivity index (χ0n) is 17.5. The largest absolute Gasteiger partial charge is 0.493 e. The number of aryl methyl sites for hydroxylation is 1. The molecule has 0 spiro atoms. The van der Waals surface area contributed by atoms with Crippen LogP contribution in [0, 0.1) is 12.8 Å². The van der Waals surface area contributed by atoms with E-state index in [1.807, 2.05) is 67.3 Å².